The van der Waals surface area contributed by atoms with Crippen LogP contribution in [0, 0.1) is 0 Å². The van der Waals surface area contributed by atoms with Gasteiger partial charge in [0.2, 0.25) is 9.84 Å². The average molecular weight is 308 g/mol. The molecule has 0 spiro atoms. The fourth-order valence-electron chi connectivity index (χ4n) is 1.51. The molecule has 0 aliphatic carbocycles. The summed E-state index contributed by atoms with van der Waals surface area (Å²) in [4.78, 5) is 0.304. The van der Waals surface area contributed by atoms with E-state index in [1.807, 2.05) is 6.92 Å². The Morgan fingerprint density at radius 1 is 1.40 bits per heavy atom. The maximum atomic E-state index is 11.8. The molecule has 80 valence electrons. The summed E-state index contributed by atoms with van der Waals surface area (Å²) in [5.41, 5.74) is 1.51. The molecule has 0 radical (unpaired) electrons. The van der Waals surface area contributed by atoms with E-state index >= 15 is 0 Å². The van der Waals surface area contributed by atoms with Crippen molar-refractivity contribution in [1.29, 1.82) is 0 Å². The summed E-state index contributed by atoms with van der Waals surface area (Å²) in [5, 5.41) is 0.488. The monoisotopic (exact) mass is 306 g/mol. The third-order valence-corrected chi connectivity index (χ3v) is 5.73. The number of hydrogen-bond donors (Lipinski definition) is 0. The van der Waals surface area contributed by atoms with Crippen LogP contribution in [-0.4, -0.2) is 8.42 Å². The second kappa shape index (κ2) is 3.61. The minimum absolute atomic E-state index is 0.181. The van der Waals surface area contributed by atoms with Gasteiger partial charge in [-0.3, -0.25) is 0 Å². The first-order valence-electron chi connectivity index (χ1n) is 4.41. The molecule has 0 aromatic heterocycles. The number of halogens is 2. The van der Waals surface area contributed by atoms with Crippen LogP contribution in [0.4, 0.5) is 0 Å². The van der Waals surface area contributed by atoms with Crippen molar-refractivity contribution in [1.82, 2.24) is 0 Å². The number of benzene rings is 1. The van der Waals surface area contributed by atoms with E-state index in [4.69, 9.17) is 11.6 Å². The van der Waals surface area contributed by atoms with Crippen LogP contribution in [-0.2, 0) is 16.3 Å². The predicted molar refractivity (Wildman–Crippen MR) is 64.9 cm³/mol. The standard InChI is InChI=1S/C10H8BrClO2S/c1-2-6-3-8(12)7-5-10(11)15(13,14)9(7)4-6/h3-5H,2H2,1H3. The molecule has 0 fully saturated rings. The smallest absolute Gasteiger partial charge is 0.213 e. The van der Waals surface area contributed by atoms with Crippen molar-refractivity contribution >= 4 is 43.4 Å². The molecule has 5 heteroatoms. The van der Waals surface area contributed by atoms with E-state index in [9.17, 15) is 8.42 Å². The van der Waals surface area contributed by atoms with Crippen molar-refractivity contribution in [2.75, 3.05) is 0 Å². The van der Waals surface area contributed by atoms with Gasteiger partial charge in [0.15, 0.2) is 0 Å². The maximum Gasteiger partial charge on any atom is 0.213 e. The minimum Gasteiger partial charge on any atom is -0.218 e. The first kappa shape index (κ1) is 11.2. The first-order valence-corrected chi connectivity index (χ1v) is 7.07. The maximum absolute atomic E-state index is 11.8. The summed E-state index contributed by atoms with van der Waals surface area (Å²) in [6, 6.07) is 3.49. The Morgan fingerprint density at radius 2 is 2.07 bits per heavy atom. The van der Waals surface area contributed by atoms with Gasteiger partial charge in [-0.1, -0.05) is 18.5 Å². The molecule has 1 heterocycles. The second-order valence-electron chi connectivity index (χ2n) is 3.29. The molecule has 0 saturated carbocycles. The number of sulfone groups is 1. The van der Waals surface area contributed by atoms with E-state index in [-0.39, 0.29) is 3.81 Å². The van der Waals surface area contributed by atoms with Crippen molar-refractivity contribution < 1.29 is 8.42 Å². The highest BCUT2D eigenvalue weighted by atomic mass is 79.9. The molecule has 2 nitrogen and oxygen atoms in total. The molecule has 0 bridgehead atoms. The van der Waals surface area contributed by atoms with Gasteiger partial charge in [-0.25, -0.2) is 8.42 Å². The van der Waals surface area contributed by atoms with Gasteiger partial charge in [0.1, 0.15) is 3.81 Å². The zero-order valence-corrected chi connectivity index (χ0v) is 11.1. The van der Waals surface area contributed by atoms with Gasteiger partial charge in [0, 0.05) is 10.6 Å². The van der Waals surface area contributed by atoms with Crippen LogP contribution in [0.5, 0.6) is 0 Å². The summed E-state index contributed by atoms with van der Waals surface area (Å²) in [7, 11) is -3.35. The molecule has 15 heavy (non-hydrogen) atoms. The van der Waals surface area contributed by atoms with Crippen molar-refractivity contribution in [3.8, 4) is 0 Å². The summed E-state index contributed by atoms with van der Waals surface area (Å²) < 4.78 is 23.8. The van der Waals surface area contributed by atoms with Crippen molar-refractivity contribution in [3.63, 3.8) is 0 Å². The highest BCUT2D eigenvalue weighted by molar-refractivity contribution is 9.13. The third-order valence-electron chi connectivity index (χ3n) is 2.36. The van der Waals surface area contributed by atoms with E-state index in [2.05, 4.69) is 15.9 Å². The van der Waals surface area contributed by atoms with Crippen LogP contribution < -0.4 is 0 Å². The molecule has 2 rings (SSSR count). The summed E-state index contributed by atoms with van der Waals surface area (Å²) in [5.74, 6) is 0. The predicted octanol–water partition coefficient (Wildman–Crippen LogP) is 3.38. The zero-order chi connectivity index (χ0) is 11.2. The lowest BCUT2D eigenvalue weighted by Gasteiger charge is -2.04. The van der Waals surface area contributed by atoms with Crippen LogP contribution in [0.25, 0.3) is 6.08 Å². The average Bonchev–Trinajstić information content (AvgIpc) is 2.41. The molecule has 0 unspecified atom stereocenters. The van der Waals surface area contributed by atoms with Crippen LogP contribution in [0.2, 0.25) is 5.02 Å². The minimum atomic E-state index is -3.35. The lowest BCUT2D eigenvalue weighted by Crippen LogP contribution is -1.98. The molecule has 0 N–H and O–H groups in total. The van der Waals surface area contributed by atoms with E-state index in [0.717, 1.165) is 12.0 Å². The Bertz CT molecular complexity index is 561. The Morgan fingerprint density at radius 3 is 2.67 bits per heavy atom. The number of rotatable bonds is 1. The fraction of sp³-hybridized carbons (Fsp3) is 0.200. The van der Waals surface area contributed by atoms with Gasteiger partial charge < -0.3 is 0 Å². The number of aryl methyl sites for hydroxylation is 1. The van der Waals surface area contributed by atoms with E-state index in [1.54, 1.807) is 18.2 Å². The largest absolute Gasteiger partial charge is 0.218 e. The van der Waals surface area contributed by atoms with Crippen LogP contribution >= 0.6 is 27.5 Å². The van der Waals surface area contributed by atoms with Crippen molar-refractivity contribution in [2.24, 2.45) is 0 Å². The Labute approximate surface area is 102 Å². The Hall–Kier alpha value is -0.320. The van der Waals surface area contributed by atoms with Gasteiger partial charge in [-0.15, -0.1) is 0 Å². The van der Waals surface area contributed by atoms with Gasteiger partial charge >= 0.3 is 0 Å². The molecular formula is C10H8BrClO2S. The molecule has 0 atom stereocenters. The molecule has 1 aliphatic rings. The zero-order valence-electron chi connectivity index (χ0n) is 7.92. The second-order valence-corrected chi connectivity index (χ2v) is 6.97. The quantitative estimate of drug-likeness (QED) is 0.797. The van der Waals surface area contributed by atoms with Crippen LogP contribution in [0.3, 0.4) is 0 Å². The molecule has 0 amide bonds. The normalized spacial score (nSPS) is 17.4. The van der Waals surface area contributed by atoms with Crippen LogP contribution in [0.1, 0.15) is 18.1 Å². The molecular weight excluding hydrogens is 300 g/mol. The SMILES string of the molecule is CCc1cc(Cl)c2c(c1)S(=O)(=O)C(Br)=C2. The van der Waals surface area contributed by atoms with Gasteiger partial charge in [0.05, 0.1) is 4.90 Å². The first-order chi connectivity index (χ1) is 6.96. The van der Waals surface area contributed by atoms with Crippen molar-refractivity contribution in [3.05, 3.63) is 32.1 Å². The number of hydrogen-bond acceptors (Lipinski definition) is 2. The van der Waals surface area contributed by atoms with Crippen LogP contribution in [0.15, 0.2) is 20.8 Å². The van der Waals surface area contributed by atoms with Gasteiger partial charge in [-0.2, -0.15) is 0 Å². The van der Waals surface area contributed by atoms with E-state index in [1.165, 1.54) is 0 Å². The Kier molecular flexibility index (Phi) is 2.69. The molecule has 1 aromatic rings. The summed E-state index contributed by atoms with van der Waals surface area (Å²) in [6.07, 6.45) is 2.31. The fourth-order valence-corrected chi connectivity index (χ4v) is 3.86. The van der Waals surface area contributed by atoms with Gasteiger partial charge in [0.25, 0.3) is 0 Å². The van der Waals surface area contributed by atoms with Gasteiger partial charge in [-0.05, 0) is 46.1 Å². The highest BCUT2D eigenvalue weighted by Gasteiger charge is 2.29. The summed E-state index contributed by atoms with van der Waals surface area (Å²) >= 11 is 9.05. The molecule has 0 saturated heterocycles. The lowest BCUT2D eigenvalue weighted by molar-refractivity contribution is 0.605. The molecule has 1 aliphatic heterocycles. The topological polar surface area (TPSA) is 34.1 Å². The molecule has 1 aromatic carbocycles. The van der Waals surface area contributed by atoms with E-state index < -0.39 is 9.84 Å². The Balaban J connectivity index is 2.79. The highest BCUT2D eigenvalue weighted by Crippen LogP contribution is 2.40. The third kappa shape index (κ3) is 1.65. The lowest BCUT2D eigenvalue weighted by atomic mass is 10.1. The number of fused-ring (bicyclic) bond motifs is 1. The van der Waals surface area contributed by atoms with E-state index in [0.29, 0.717) is 15.5 Å². The summed E-state index contributed by atoms with van der Waals surface area (Å²) in [6.45, 7) is 1.96. The van der Waals surface area contributed by atoms with Crippen molar-refractivity contribution in [2.45, 2.75) is 18.2 Å².